The van der Waals surface area contributed by atoms with E-state index in [2.05, 4.69) is 14.8 Å². The van der Waals surface area contributed by atoms with Gasteiger partial charge in [-0.05, 0) is 42.8 Å². The third-order valence-corrected chi connectivity index (χ3v) is 5.58. The van der Waals surface area contributed by atoms with Crippen LogP contribution in [0.2, 0.25) is 5.02 Å². The predicted octanol–water partition coefficient (Wildman–Crippen LogP) is 3.17. The summed E-state index contributed by atoms with van der Waals surface area (Å²) in [4.78, 5) is 15.2. The van der Waals surface area contributed by atoms with Gasteiger partial charge in [0.25, 0.3) is 5.91 Å². The summed E-state index contributed by atoms with van der Waals surface area (Å²) in [5.41, 5.74) is 4.31. The highest BCUT2D eigenvalue weighted by Gasteiger charge is 2.24. The van der Waals surface area contributed by atoms with Crippen LogP contribution in [0.3, 0.4) is 0 Å². The first kappa shape index (κ1) is 18.1. The first-order valence-electron chi connectivity index (χ1n) is 9.57. The molecule has 0 saturated carbocycles. The highest BCUT2D eigenvalue weighted by molar-refractivity contribution is 6.30. The van der Waals surface area contributed by atoms with E-state index >= 15 is 0 Å². The van der Waals surface area contributed by atoms with E-state index in [4.69, 9.17) is 16.3 Å². The number of carbonyl (C=O) groups is 1. The van der Waals surface area contributed by atoms with Crippen molar-refractivity contribution < 1.29 is 9.53 Å². The molecule has 1 aromatic carbocycles. The number of carbonyl (C=O) groups excluding carboxylic acids is 1. The lowest BCUT2D eigenvalue weighted by atomic mass is 10.2. The highest BCUT2D eigenvalue weighted by atomic mass is 35.5. The summed E-state index contributed by atoms with van der Waals surface area (Å²) in [6, 6.07) is 13.6. The fourth-order valence-corrected chi connectivity index (χ4v) is 4.15. The van der Waals surface area contributed by atoms with Crippen LogP contribution < -0.4 is 0 Å². The van der Waals surface area contributed by atoms with Gasteiger partial charge in [-0.15, -0.1) is 10.2 Å². The molecule has 4 aromatic rings. The zero-order valence-electron chi connectivity index (χ0n) is 16.0. The monoisotopic (exact) mass is 409 g/mol. The Kier molecular flexibility index (Phi) is 4.49. The molecule has 0 radical (unpaired) electrons. The minimum atomic E-state index is 0.00501. The van der Waals surface area contributed by atoms with Crippen LogP contribution in [0.1, 0.15) is 21.9 Å². The van der Waals surface area contributed by atoms with Gasteiger partial charge in [0, 0.05) is 24.7 Å². The lowest BCUT2D eigenvalue weighted by Crippen LogP contribution is -2.41. The summed E-state index contributed by atoms with van der Waals surface area (Å²) in [5, 5.41) is 9.08. The van der Waals surface area contributed by atoms with Crippen molar-refractivity contribution in [1.82, 2.24) is 24.1 Å². The molecule has 7 nitrogen and oxygen atoms in total. The van der Waals surface area contributed by atoms with Crippen LogP contribution >= 0.6 is 11.6 Å². The van der Waals surface area contributed by atoms with E-state index in [1.807, 2.05) is 58.7 Å². The molecular formula is C21H20ClN5O2. The predicted molar refractivity (Wildman–Crippen MR) is 110 cm³/mol. The van der Waals surface area contributed by atoms with Crippen molar-refractivity contribution >= 4 is 34.2 Å². The zero-order valence-corrected chi connectivity index (χ0v) is 16.8. The molecule has 0 unspecified atom stereocenters. The van der Waals surface area contributed by atoms with E-state index in [-0.39, 0.29) is 5.91 Å². The van der Waals surface area contributed by atoms with E-state index < -0.39 is 0 Å². The molecule has 1 fully saturated rings. The van der Waals surface area contributed by atoms with Crippen molar-refractivity contribution in [1.29, 1.82) is 0 Å². The van der Waals surface area contributed by atoms with Crippen LogP contribution in [0.5, 0.6) is 0 Å². The summed E-state index contributed by atoms with van der Waals surface area (Å²) in [5.74, 6) is 0.793. The normalized spacial score (nSPS) is 14.8. The number of aryl methyl sites for hydroxylation is 1. The molecule has 0 N–H and O–H groups in total. The molecule has 148 valence electrons. The maximum atomic E-state index is 13.4. The van der Waals surface area contributed by atoms with Gasteiger partial charge in [0.05, 0.1) is 24.2 Å². The smallest absolute Gasteiger partial charge is 0.270 e. The van der Waals surface area contributed by atoms with Gasteiger partial charge in [-0.1, -0.05) is 23.7 Å². The van der Waals surface area contributed by atoms with Crippen molar-refractivity contribution in [2.75, 3.05) is 26.3 Å². The van der Waals surface area contributed by atoms with Crippen molar-refractivity contribution in [2.24, 2.45) is 0 Å². The molecule has 3 aromatic heterocycles. The Bertz CT molecular complexity index is 1220. The van der Waals surface area contributed by atoms with Crippen LogP contribution in [0.4, 0.5) is 0 Å². The molecule has 0 bridgehead atoms. The van der Waals surface area contributed by atoms with E-state index in [9.17, 15) is 4.79 Å². The fourth-order valence-electron chi connectivity index (χ4n) is 3.94. The van der Waals surface area contributed by atoms with Crippen LogP contribution in [0.25, 0.3) is 16.7 Å². The standard InChI is InChI=1S/C21H20ClN5O2/c1-14-23-24-20-6-5-17-18(27(14)20)12-19(21(28)25-7-9-29-10-8-25)26(17)13-15-3-2-4-16(22)11-15/h2-6,11-12H,7-10,13H2,1H3. The van der Waals surface area contributed by atoms with Gasteiger partial charge in [0.2, 0.25) is 0 Å². The Morgan fingerprint density at radius 1 is 1.10 bits per heavy atom. The molecule has 0 atom stereocenters. The molecule has 1 aliphatic heterocycles. The van der Waals surface area contributed by atoms with E-state index in [1.54, 1.807) is 0 Å². The fraction of sp³-hybridized carbons (Fsp3) is 0.286. The summed E-state index contributed by atoms with van der Waals surface area (Å²) >= 11 is 6.19. The molecule has 1 aliphatic rings. The SMILES string of the molecule is Cc1nnc2ccc3c(cc(C(=O)N4CCOCC4)n3Cc3cccc(Cl)c3)n12. The minimum absolute atomic E-state index is 0.00501. The number of halogens is 1. The van der Waals surface area contributed by atoms with E-state index in [0.29, 0.717) is 43.6 Å². The van der Waals surface area contributed by atoms with Gasteiger partial charge in [0.15, 0.2) is 5.65 Å². The quantitative estimate of drug-likeness (QED) is 0.521. The van der Waals surface area contributed by atoms with E-state index in [0.717, 1.165) is 28.1 Å². The van der Waals surface area contributed by atoms with Crippen LogP contribution in [-0.2, 0) is 11.3 Å². The van der Waals surface area contributed by atoms with Crippen molar-refractivity contribution in [2.45, 2.75) is 13.5 Å². The van der Waals surface area contributed by atoms with Gasteiger partial charge in [-0.3, -0.25) is 9.20 Å². The second-order valence-electron chi connectivity index (χ2n) is 7.19. The largest absolute Gasteiger partial charge is 0.378 e. The number of hydrogen-bond acceptors (Lipinski definition) is 4. The van der Waals surface area contributed by atoms with Crippen LogP contribution in [0.15, 0.2) is 42.5 Å². The Labute approximate surface area is 172 Å². The number of hydrogen-bond donors (Lipinski definition) is 0. The molecule has 0 spiro atoms. The first-order valence-corrected chi connectivity index (χ1v) is 9.95. The summed E-state index contributed by atoms with van der Waals surface area (Å²) in [6.07, 6.45) is 0. The van der Waals surface area contributed by atoms with Crippen molar-refractivity contribution in [3.63, 3.8) is 0 Å². The molecule has 0 aliphatic carbocycles. The van der Waals surface area contributed by atoms with Gasteiger partial charge in [-0.2, -0.15) is 0 Å². The molecule has 5 rings (SSSR count). The highest BCUT2D eigenvalue weighted by Crippen LogP contribution is 2.25. The second-order valence-corrected chi connectivity index (χ2v) is 7.63. The molecule has 29 heavy (non-hydrogen) atoms. The maximum absolute atomic E-state index is 13.4. The lowest BCUT2D eigenvalue weighted by molar-refractivity contribution is 0.0296. The second kappa shape index (κ2) is 7.17. The summed E-state index contributed by atoms with van der Waals surface area (Å²) in [6.45, 7) is 4.78. The molecule has 8 heteroatoms. The van der Waals surface area contributed by atoms with Crippen molar-refractivity contribution in [3.8, 4) is 0 Å². The Balaban J connectivity index is 1.69. The number of nitrogens with zero attached hydrogens (tertiary/aromatic N) is 5. The average molecular weight is 410 g/mol. The molecular weight excluding hydrogens is 390 g/mol. The topological polar surface area (TPSA) is 64.7 Å². The third kappa shape index (κ3) is 3.16. The number of aromatic nitrogens is 4. The maximum Gasteiger partial charge on any atom is 0.270 e. The van der Waals surface area contributed by atoms with Gasteiger partial charge in [0.1, 0.15) is 11.5 Å². The first-order chi connectivity index (χ1) is 14.1. The molecule has 1 saturated heterocycles. The molecule has 4 heterocycles. The third-order valence-electron chi connectivity index (χ3n) is 5.35. The Morgan fingerprint density at radius 2 is 1.93 bits per heavy atom. The number of rotatable bonds is 3. The lowest BCUT2D eigenvalue weighted by Gasteiger charge is -2.27. The van der Waals surface area contributed by atoms with Crippen molar-refractivity contribution in [3.05, 3.63) is 64.6 Å². The Hall–Kier alpha value is -2.90. The summed E-state index contributed by atoms with van der Waals surface area (Å²) in [7, 11) is 0. The van der Waals surface area contributed by atoms with Gasteiger partial charge < -0.3 is 14.2 Å². The number of ether oxygens (including phenoxy) is 1. The zero-order chi connectivity index (χ0) is 20.0. The van der Waals surface area contributed by atoms with Crippen LogP contribution in [0, 0.1) is 6.92 Å². The van der Waals surface area contributed by atoms with Crippen LogP contribution in [-0.4, -0.2) is 56.3 Å². The van der Waals surface area contributed by atoms with Gasteiger partial charge in [-0.25, -0.2) is 0 Å². The molecule has 1 amide bonds. The number of amides is 1. The number of benzene rings is 1. The number of pyridine rings is 1. The number of fused-ring (bicyclic) bond motifs is 3. The van der Waals surface area contributed by atoms with E-state index in [1.165, 1.54) is 0 Å². The minimum Gasteiger partial charge on any atom is -0.378 e. The summed E-state index contributed by atoms with van der Waals surface area (Å²) < 4.78 is 9.45. The average Bonchev–Trinajstić information content (AvgIpc) is 3.29. The van der Waals surface area contributed by atoms with Gasteiger partial charge >= 0.3 is 0 Å². The Morgan fingerprint density at radius 3 is 2.72 bits per heavy atom. The number of morpholine rings is 1.